The molecule has 0 atom stereocenters. The molecule has 0 bridgehead atoms. The molecule has 0 unspecified atom stereocenters. The summed E-state index contributed by atoms with van der Waals surface area (Å²) in [5, 5.41) is 3.49. The van der Waals surface area contributed by atoms with Crippen molar-refractivity contribution in [3.8, 4) is 0 Å². The van der Waals surface area contributed by atoms with E-state index >= 15 is 0 Å². The minimum atomic E-state index is 0. The Morgan fingerprint density at radius 1 is 1.27 bits per heavy atom. The highest BCUT2D eigenvalue weighted by Crippen LogP contribution is 2.13. The van der Waals surface area contributed by atoms with Gasteiger partial charge in [0.2, 0.25) is 0 Å². The van der Waals surface area contributed by atoms with Crippen molar-refractivity contribution in [2.24, 2.45) is 4.99 Å². The van der Waals surface area contributed by atoms with E-state index in [-0.39, 0.29) is 24.0 Å². The van der Waals surface area contributed by atoms with Crippen molar-refractivity contribution in [3.05, 3.63) is 0 Å². The Labute approximate surface area is 153 Å². The van der Waals surface area contributed by atoms with Gasteiger partial charge in [-0.3, -0.25) is 4.99 Å². The van der Waals surface area contributed by atoms with E-state index in [1.54, 1.807) is 0 Å². The Morgan fingerprint density at radius 2 is 1.95 bits per heavy atom. The molecule has 1 fully saturated rings. The van der Waals surface area contributed by atoms with Crippen LogP contribution in [-0.2, 0) is 4.74 Å². The van der Waals surface area contributed by atoms with E-state index < -0.39 is 0 Å². The molecular formula is C16H35IN4O. The van der Waals surface area contributed by atoms with Crippen molar-refractivity contribution in [1.82, 2.24) is 15.1 Å². The molecule has 1 aliphatic rings. The Morgan fingerprint density at radius 3 is 2.50 bits per heavy atom. The largest absolute Gasteiger partial charge is 0.378 e. The van der Waals surface area contributed by atoms with Gasteiger partial charge in [0.1, 0.15) is 0 Å². The topological polar surface area (TPSA) is 40.1 Å². The molecule has 1 saturated heterocycles. The average Bonchev–Trinajstić information content (AvgIpc) is 2.51. The number of nitrogens with one attached hydrogen (secondary N) is 1. The second-order valence-electron chi connectivity index (χ2n) is 5.77. The number of aliphatic imine (C=N–C) groups is 1. The first-order valence-electron chi connectivity index (χ1n) is 8.47. The molecule has 0 aromatic rings. The molecule has 0 amide bonds. The fourth-order valence-corrected chi connectivity index (χ4v) is 2.70. The van der Waals surface area contributed by atoms with Crippen LogP contribution >= 0.6 is 24.0 Å². The second kappa shape index (κ2) is 13.4. The molecule has 1 aliphatic heterocycles. The molecule has 0 spiro atoms. The van der Waals surface area contributed by atoms with Crippen LogP contribution in [-0.4, -0.2) is 75.3 Å². The molecule has 0 aliphatic carbocycles. The molecule has 0 radical (unpaired) electrons. The number of piperidine rings is 1. The maximum Gasteiger partial charge on any atom is 0.193 e. The molecule has 0 aromatic carbocycles. The van der Waals surface area contributed by atoms with Gasteiger partial charge in [0, 0.05) is 39.8 Å². The third kappa shape index (κ3) is 8.53. The smallest absolute Gasteiger partial charge is 0.193 e. The van der Waals surface area contributed by atoms with Crippen molar-refractivity contribution in [2.75, 3.05) is 53.4 Å². The Hall–Kier alpha value is -0.0800. The number of nitrogens with zero attached hydrogens (tertiary/aromatic N) is 3. The number of unbranched alkanes of at least 4 members (excludes halogenated alkanes) is 1. The summed E-state index contributed by atoms with van der Waals surface area (Å²) in [4.78, 5) is 9.14. The van der Waals surface area contributed by atoms with E-state index in [1.807, 2.05) is 7.05 Å². The first-order valence-corrected chi connectivity index (χ1v) is 8.47. The lowest BCUT2D eigenvalue weighted by Gasteiger charge is -2.34. The highest BCUT2D eigenvalue weighted by Gasteiger charge is 2.21. The first kappa shape index (κ1) is 21.9. The second-order valence-corrected chi connectivity index (χ2v) is 5.77. The number of halogens is 1. The lowest BCUT2D eigenvalue weighted by molar-refractivity contribution is 0.0263. The number of likely N-dealkylation sites (N-methyl/N-ethyl adjacent to an activating group) is 1. The maximum absolute atomic E-state index is 5.70. The van der Waals surface area contributed by atoms with Crippen LogP contribution in [0.1, 0.15) is 39.5 Å². The molecule has 1 N–H and O–H groups in total. The van der Waals surface area contributed by atoms with Crippen LogP contribution in [0.5, 0.6) is 0 Å². The highest BCUT2D eigenvalue weighted by atomic mass is 127. The van der Waals surface area contributed by atoms with E-state index in [4.69, 9.17) is 4.74 Å². The Bertz CT molecular complexity index is 294. The zero-order chi connectivity index (χ0) is 15.5. The number of guanidine groups is 1. The van der Waals surface area contributed by atoms with E-state index in [1.165, 1.54) is 19.4 Å². The van der Waals surface area contributed by atoms with Gasteiger partial charge in [-0.15, -0.1) is 24.0 Å². The number of rotatable bonds is 8. The van der Waals surface area contributed by atoms with Crippen molar-refractivity contribution in [2.45, 2.75) is 45.6 Å². The van der Waals surface area contributed by atoms with Crippen molar-refractivity contribution in [1.29, 1.82) is 0 Å². The van der Waals surface area contributed by atoms with Crippen LogP contribution < -0.4 is 5.32 Å². The number of hydrogen-bond acceptors (Lipinski definition) is 3. The summed E-state index contributed by atoms with van der Waals surface area (Å²) in [5.41, 5.74) is 0. The summed E-state index contributed by atoms with van der Waals surface area (Å²) in [5.74, 6) is 1.04. The van der Waals surface area contributed by atoms with Gasteiger partial charge in [-0.25, -0.2) is 0 Å². The molecule has 22 heavy (non-hydrogen) atoms. The van der Waals surface area contributed by atoms with Crippen LogP contribution in [0.15, 0.2) is 4.99 Å². The van der Waals surface area contributed by atoms with Crippen molar-refractivity contribution < 1.29 is 4.74 Å². The highest BCUT2D eigenvalue weighted by molar-refractivity contribution is 14.0. The van der Waals surface area contributed by atoms with Crippen LogP contribution in [0.25, 0.3) is 0 Å². The van der Waals surface area contributed by atoms with Gasteiger partial charge in [-0.1, -0.05) is 13.3 Å². The minimum absolute atomic E-state index is 0. The van der Waals surface area contributed by atoms with Crippen LogP contribution in [0.4, 0.5) is 0 Å². The Balaban J connectivity index is 0.00000441. The van der Waals surface area contributed by atoms with Crippen LogP contribution in [0, 0.1) is 0 Å². The molecule has 6 heteroatoms. The predicted octanol–water partition coefficient (Wildman–Crippen LogP) is 2.41. The zero-order valence-corrected chi connectivity index (χ0v) is 17.1. The summed E-state index contributed by atoms with van der Waals surface area (Å²) in [6, 6.07) is 0. The molecule has 0 saturated carbocycles. The average molecular weight is 426 g/mol. The predicted molar refractivity (Wildman–Crippen MR) is 105 cm³/mol. The van der Waals surface area contributed by atoms with Gasteiger partial charge >= 0.3 is 0 Å². The summed E-state index contributed by atoms with van der Waals surface area (Å²) >= 11 is 0. The monoisotopic (exact) mass is 426 g/mol. The standard InChI is InChI=1S/C16H34N4O.HI/c1-5-7-11-19(4)14-10-18-16(17-3)20-12-8-15(9-13-20)21-6-2;/h15H,5-14H2,1-4H3,(H,17,18);1H. The SMILES string of the molecule is CCCCN(C)CCNC(=NC)N1CCC(OCC)CC1.I. The van der Waals surface area contributed by atoms with Crippen molar-refractivity contribution >= 4 is 29.9 Å². The summed E-state index contributed by atoms with van der Waals surface area (Å²) in [6.07, 6.45) is 5.17. The van der Waals surface area contributed by atoms with Gasteiger partial charge in [0.05, 0.1) is 6.10 Å². The van der Waals surface area contributed by atoms with E-state index in [2.05, 4.69) is 41.0 Å². The molecular weight excluding hydrogens is 391 g/mol. The molecule has 0 aromatic heterocycles. The molecule has 1 rings (SSSR count). The molecule has 1 heterocycles. The molecule has 132 valence electrons. The Kier molecular flexibility index (Phi) is 13.3. The van der Waals surface area contributed by atoms with Gasteiger partial charge in [-0.05, 0) is 39.8 Å². The van der Waals surface area contributed by atoms with Gasteiger partial charge < -0.3 is 19.9 Å². The fourth-order valence-electron chi connectivity index (χ4n) is 2.70. The lowest BCUT2D eigenvalue weighted by atomic mass is 10.1. The first-order chi connectivity index (χ1) is 10.2. The van der Waals surface area contributed by atoms with Gasteiger partial charge in [-0.2, -0.15) is 0 Å². The zero-order valence-electron chi connectivity index (χ0n) is 14.8. The van der Waals surface area contributed by atoms with Gasteiger partial charge in [0.25, 0.3) is 0 Å². The summed E-state index contributed by atoms with van der Waals surface area (Å²) in [6.45, 7) is 10.4. The number of ether oxygens (including phenoxy) is 1. The summed E-state index contributed by atoms with van der Waals surface area (Å²) < 4.78 is 5.70. The minimum Gasteiger partial charge on any atom is -0.378 e. The molecule has 5 nitrogen and oxygen atoms in total. The number of hydrogen-bond donors (Lipinski definition) is 1. The summed E-state index contributed by atoms with van der Waals surface area (Å²) in [7, 11) is 4.06. The van der Waals surface area contributed by atoms with Crippen molar-refractivity contribution in [3.63, 3.8) is 0 Å². The third-order valence-electron chi connectivity index (χ3n) is 4.03. The maximum atomic E-state index is 5.70. The van der Waals surface area contributed by atoms with E-state index in [0.29, 0.717) is 6.10 Å². The van der Waals surface area contributed by atoms with E-state index in [9.17, 15) is 0 Å². The normalized spacial score (nSPS) is 16.8. The van der Waals surface area contributed by atoms with Crippen LogP contribution in [0.2, 0.25) is 0 Å². The van der Waals surface area contributed by atoms with Crippen LogP contribution in [0.3, 0.4) is 0 Å². The lowest BCUT2D eigenvalue weighted by Crippen LogP contribution is -2.48. The third-order valence-corrected chi connectivity index (χ3v) is 4.03. The fraction of sp³-hybridized carbons (Fsp3) is 0.938. The quantitative estimate of drug-likeness (QED) is 0.368. The van der Waals surface area contributed by atoms with E-state index in [0.717, 1.165) is 51.6 Å². The van der Waals surface area contributed by atoms with Gasteiger partial charge in [0.15, 0.2) is 5.96 Å². The number of likely N-dealkylation sites (tertiary alicyclic amines) is 1.